The summed E-state index contributed by atoms with van der Waals surface area (Å²) in [6.45, 7) is 0. The monoisotopic (exact) mass is 201 g/mol. The largest absolute Gasteiger partial charge is 0.333 e. The van der Waals surface area contributed by atoms with Gasteiger partial charge < -0.3 is 4.57 Å². The van der Waals surface area contributed by atoms with Gasteiger partial charge in [0.1, 0.15) is 17.7 Å². The molecular weight excluding hydrogens is 193 g/mol. The summed E-state index contributed by atoms with van der Waals surface area (Å²) < 4.78 is 14.7. The molecular formula is C11H8FN3. The zero-order valence-electron chi connectivity index (χ0n) is 8.11. The summed E-state index contributed by atoms with van der Waals surface area (Å²) in [5.74, 6) is 0.278. The second kappa shape index (κ2) is 3.54. The van der Waals surface area contributed by atoms with E-state index < -0.39 is 0 Å². The molecule has 0 N–H and O–H groups in total. The van der Waals surface area contributed by atoms with Crippen molar-refractivity contribution in [3.05, 3.63) is 42.0 Å². The van der Waals surface area contributed by atoms with Crippen LogP contribution in [0.2, 0.25) is 0 Å². The Morgan fingerprint density at radius 1 is 1.47 bits per heavy atom. The van der Waals surface area contributed by atoms with Crippen LogP contribution in [0.3, 0.4) is 0 Å². The fraction of sp³-hybridized carbons (Fsp3) is 0.0909. The lowest BCUT2D eigenvalue weighted by Crippen LogP contribution is -1.91. The zero-order valence-corrected chi connectivity index (χ0v) is 8.11. The lowest BCUT2D eigenvalue weighted by molar-refractivity contribution is 0.628. The Balaban J connectivity index is 2.54. The standard InChI is InChI=1S/C11H8FN3/c1-15-7-10(6-13)14-11(15)8-3-2-4-9(12)5-8/h2-5,7H,1H3. The van der Waals surface area contributed by atoms with Crippen molar-refractivity contribution >= 4 is 0 Å². The van der Waals surface area contributed by atoms with E-state index in [9.17, 15) is 4.39 Å². The molecule has 2 aromatic rings. The number of nitriles is 1. The molecule has 4 heteroatoms. The number of hydrogen-bond donors (Lipinski definition) is 0. The van der Waals surface area contributed by atoms with Gasteiger partial charge in [-0.25, -0.2) is 9.37 Å². The Bertz CT molecular complexity index is 537. The average molecular weight is 201 g/mol. The predicted molar refractivity (Wildman–Crippen MR) is 53.3 cm³/mol. The fourth-order valence-corrected chi connectivity index (χ4v) is 1.42. The lowest BCUT2D eigenvalue weighted by Gasteiger charge is -2.00. The van der Waals surface area contributed by atoms with Crippen LogP contribution in [0.5, 0.6) is 0 Å². The Kier molecular flexibility index (Phi) is 2.22. The summed E-state index contributed by atoms with van der Waals surface area (Å²) in [5.41, 5.74) is 0.996. The molecule has 0 saturated heterocycles. The van der Waals surface area contributed by atoms with Crippen molar-refractivity contribution in [2.45, 2.75) is 0 Å². The number of imidazole rings is 1. The molecule has 1 heterocycles. The minimum atomic E-state index is -0.311. The molecule has 0 saturated carbocycles. The summed E-state index contributed by atoms with van der Waals surface area (Å²) >= 11 is 0. The third kappa shape index (κ3) is 1.72. The second-order valence-corrected chi connectivity index (χ2v) is 3.18. The van der Waals surface area contributed by atoms with Crippen molar-refractivity contribution in [3.8, 4) is 17.5 Å². The van der Waals surface area contributed by atoms with Gasteiger partial charge in [0.2, 0.25) is 0 Å². The number of hydrogen-bond acceptors (Lipinski definition) is 2. The second-order valence-electron chi connectivity index (χ2n) is 3.18. The quantitative estimate of drug-likeness (QED) is 0.709. The van der Waals surface area contributed by atoms with Crippen LogP contribution in [0.4, 0.5) is 4.39 Å². The molecule has 0 atom stereocenters. The topological polar surface area (TPSA) is 41.6 Å². The molecule has 1 aromatic heterocycles. The maximum atomic E-state index is 13.0. The number of benzene rings is 1. The van der Waals surface area contributed by atoms with E-state index in [0.717, 1.165) is 0 Å². The Labute approximate surface area is 86.4 Å². The van der Waals surface area contributed by atoms with Crippen LogP contribution in [-0.4, -0.2) is 9.55 Å². The van der Waals surface area contributed by atoms with Gasteiger partial charge in [0.15, 0.2) is 5.69 Å². The molecule has 0 fully saturated rings. The third-order valence-electron chi connectivity index (χ3n) is 2.07. The van der Waals surface area contributed by atoms with E-state index in [-0.39, 0.29) is 5.82 Å². The Morgan fingerprint density at radius 2 is 2.27 bits per heavy atom. The SMILES string of the molecule is Cn1cc(C#N)nc1-c1cccc(F)c1. The van der Waals surface area contributed by atoms with E-state index in [1.807, 2.05) is 6.07 Å². The highest BCUT2D eigenvalue weighted by Crippen LogP contribution is 2.18. The first-order chi connectivity index (χ1) is 7.20. The van der Waals surface area contributed by atoms with Crippen LogP contribution in [0, 0.1) is 17.1 Å². The highest BCUT2D eigenvalue weighted by atomic mass is 19.1. The molecule has 0 radical (unpaired) electrons. The molecule has 0 spiro atoms. The summed E-state index contributed by atoms with van der Waals surface area (Å²) in [7, 11) is 1.77. The van der Waals surface area contributed by atoms with E-state index in [1.165, 1.54) is 12.1 Å². The van der Waals surface area contributed by atoms with E-state index in [2.05, 4.69) is 4.98 Å². The lowest BCUT2D eigenvalue weighted by atomic mass is 10.2. The van der Waals surface area contributed by atoms with Crippen LogP contribution in [0.25, 0.3) is 11.4 Å². The van der Waals surface area contributed by atoms with Crippen molar-refractivity contribution in [1.82, 2.24) is 9.55 Å². The van der Waals surface area contributed by atoms with Gasteiger partial charge in [0.05, 0.1) is 0 Å². The fourth-order valence-electron chi connectivity index (χ4n) is 1.42. The van der Waals surface area contributed by atoms with E-state index >= 15 is 0 Å². The molecule has 1 aromatic carbocycles. The molecule has 0 amide bonds. The van der Waals surface area contributed by atoms with E-state index in [1.54, 1.807) is 29.9 Å². The van der Waals surface area contributed by atoms with Crippen LogP contribution < -0.4 is 0 Å². The smallest absolute Gasteiger partial charge is 0.159 e. The molecule has 0 aliphatic heterocycles. The predicted octanol–water partition coefficient (Wildman–Crippen LogP) is 2.10. The van der Waals surface area contributed by atoms with E-state index in [4.69, 9.17) is 5.26 Å². The molecule has 15 heavy (non-hydrogen) atoms. The molecule has 2 rings (SSSR count). The van der Waals surface area contributed by atoms with Gasteiger partial charge in [-0.15, -0.1) is 0 Å². The van der Waals surface area contributed by atoms with Gasteiger partial charge in [0.25, 0.3) is 0 Å². The number of rotatable bonds is 1. The van der Waals surface area contributed by atoms with Gasteiger partial charge in [0, 0.05) is 18.8 Å². The molecule has 3 nitrogen and oxygen atoms in total. The van der Waals surface area contributed by atoms with Gasteiger partial charge >= 0.3 is 0 Å². The molecule has 0 aliphatic carbocycles. The van der Waals surface area contributed by atoms with Crippen LogP contribution in [0.15, 0.2) is 30.5 Å². The Hall–Kier alpha value is -2.15. The summed E-state index contributed by atoms with van der Waals surface area (Å²) in [4.78, 5) is 4.07. The summed E-state index contributed by atoms with van der Waals surface area (Å²) in [6.07, 6.45) is 1.61. The highest BCUT2D eigenvalue weighted by Gasteiger charge is 2.07. The maximum Gasteiger partial charge on any atom is 0.159 e. The van der Waals surface area contributed by atoms with Crippen molar-refractivity contribution in [1.29, 1.82) is 5.26 Å². The molecule has 0 unspecified atom stereocenters. The Morgan fingerprint density at radius 3 is 2.87 bits per heavy atom. The first-order valence-electron chi connectivity index (χ1n) is 4.40. The van der Waals surface area contributed by atoms with Crippen LogP contribution >= 0.6 is 0 Å². The average Bonchev–Trinajstić information content (AvgIpc) is 2.60. The van der Waals surface area contributed by atoms with Crippen molar-refractivity contribution in [2.24, 2.45) is 7.05 Å². The number of nitrogens with zero attached hydrogens (tertiary/aromatic N) is 3. The van der Waals surface area contributed by atoms with E-state index in [0.29, 0.717) is 17.1 Å². The molecule has 0 aliphatic rings. The minimum Gasteiger partial charge on any atom is -0.333 e. The van der Waals surface area contributed by atoms with Crippen molar-refractivity contribution in [2.75, 3.05) is 0 Å². The van der Waals surface area contributed by atoms with Crippen LogP contribution in [0.1, 0.15) is 5.69 Å². The summed E-state index contributed by atoms with van der Waals surface area (Å²) in [6, 6.07) is 8.08. The minimum absolute atomic E-state index is 0.311. The van der Waals surface area contributed by atoms with Gasteiger partial charge in [-0.1, -0.05) is 12.1 Å². The zero-order chi connectivity index (χ0) is 10.8. The number of halogens is 1. The molecule has 0 bridgehead atoms. The normalized spacial score (nSPS) is 9.93. The van der Waals surface area contributed by atoms with Gasteiger partial charge in [-0.05, 0) is 12.1 Å². The van der Waals surface area contributed by atoms with Crippen molar-refractivity contribution < 1.29 is 4.39 Å². The van der Waals surface area contributed by atoms with Crippen molar-refractivity contribution in [3.63, 3.8) is 0 Å². The number of aryl methyl sites for hydroxylation is 1. The van der Waals surface area contributed by atoms with Gasteiger partial charge in [-0.2, -0.15) is 5.26 Å². The first kappa shape index (κ1) is 9.41. The first-order valence-corrected chi connectivity index (χ1v) is 4.40. The number of aromatic nitrogens is 2. The van der Waals surface area contributed by atoms with Gasteiger partial charge in [-0.3, -0.25) is 0 Å². The third-order valence-corrected chi connectivity index (χ3v) is 2.07. The maximum absolute atomic E-state index is 13.0. The molecule has 74 valence electrons. The van der Waals surface area contributed by atoms with Crippen LogP contribution in [-0.2, 0) is 7.05 Å². The highest BCUT2D eigenvalue weighted by molar-refractivity contribution is 5.56. The summed E-state index contributed by atoms with van der Waals surface area (Å²) in [5, 5.41) is 8.68.